The number of rotatable bonds is 6. The number of hydrogen-bond donors (Lipinski definition) is 3. The molecule has 0 aromatic carbocycles. The Kier molecular flexibility index (Phi) is 8.00. The van der Waals surface area contributed by atoms with Crippen molar-refractivity contribution in [3.8, 4) is 0 Å². The molecular formula is C7H17N3. The van der Waals surface area contributed by atoms with Crippen molar-refractivity contribution < 1.29 is 0 Å². The minimum absolute atomic E-state index is 0.764. The predicted molar refractivity (Wildman–Crippen MR) is 44.5 cm³/mol. The molecule has 0 rings (SSSR count). The highest BCUT2D eigenvalue weighted by molar-refractivity contribution is 4.75. The first kappa shape index (κ1) is 9.46. The molecule has 60 valence electrons. The third-order valence-electron chi connectivity index (χ3n) is 1.18. The van der Waals surface area contributed by atoms with Crippen LogP contribution in [0.1, 0.15) is 12.8 Å². The van der Waals surface area contributed by atoms with Crippen LogP contribution >= 0.6 is 0 Å². The van der Waals surface area contributed by atoms with Crippen molar-refractivity contribution in [1.82, 2.24) is 5.32 Å². The zero-order chi connectivity index (χ0) is 7.66. The van der Waals surface area contributed by atoms with Gasteiger partial charge >= 0.3 is 0 Å². The summed E-state index contributed by atoms with van der Waals surface area (Å²) in [7, 11) is 0. The van der Waals surface area contributed by atoms with Crippen LogP contribution in [0.15, 0.2) is 12.3 Å². The fraction of sp³-hybridized carbons (Fsp3) is 0.714. The highest BCUT2D eigenvalue weighted by atomic mass is 14.8. The summed E-state index contributed by atoms with van der Waals surface area (Å²) in [6, 6.07) is 0. The summed E-state index contributed by atoms with van der Waals surface area (Å²) in [5.41, 5.74) is 10.4. The molecule has 0 spiro atoms. The van der Waals surface area contributed by atoms with Crippen molar-refractivity contribution >= 4 is 0 Å². The van der Waals surface area contributed by atoms with Gasteiger partial charge in [-0.05, 0) is 38.7 Å². The van der Waals surface area contributed by atoms with Gasteiger partial charge in [-0.3, -0.25) is 0 Å². The molecule has 0 atom stereocenters. The van der Waals surface area contributed by atoms with E-state index in [2.05, 4.69) is 5.32 Å². The van der Waals surface area contributed by atoms with E-state index in [9.17, 15) is 0 Å². The summed E-state index contributed by atoms with van der Waals surface area (Å²) in [6.07, 6.45) is 5.56. The van der Waals surface area contributed by atoms with E-state index in [0.717, 1.165) is 32.5 Å². The van der Waals surface area contributed by atoms with Gasteiger partial charge in [-0.25, -0.2) is 0 Å². The molecule has 0 saturated heterocycles. The lowest BCUT2D eigenvalue weighted by molar-refractivity contribution is 0.658. The van der Waals surface area contributed by atoms with Crippen LogP contribution in [-0.2, 0) is 0 Å². The predicted octanol–water partition coefficient (Wildman–Crippen LogP) is -0.213. The van der Waals surface area contributed by atoms with Gasteiger partial charge in [0.2, 0.25) is 0 Å². The number of hydrogen-bond acceptors (Lipinski definition) is 3. The summed E-state index contributed by atoms with van der Waals surface area (Å²) in [5.74, 6) is 0. The summed E-state index contributed by atoms with van der Waals surface area (Å²) in [6.45, 7) is 2.77. The van der Waals surface area contributed by atoms with Crippen LogP contribution in [0.3, 0.4) is 0 Å². The second-order valence-electron chi connectivity index (χ2n) is 2.11. The molecule has 0 heterocycles. The summed E-state index contributed by atoms with van der Waals surface area (Å²) in [4.78, 5) is 0. The average molecular weight is 143 g/mol. The van der Waals surface area contributed by atoms with Gasteiger partial charge in [0.15, 0.2) is 0 Å². The molecule has 0 fully saturated rings. The smallest absolute Gasteiger partial charge is 0.00136 e. The fourth-order valence-corrected chi connectivity index (χ4v) is 0.634. The first-order valence-corrected chi connectivity index (χ1v) is 3.69. The van der Waals surface area contributed by atoms with Crippen LogP contribution in [-0.4, -0.2) is 19.6 Å². The number of nitrogens with one attached hydrogen (secondary N) is 1. The molecule has 0 aromatic rings. The highest BCUT2D eigenvalue weighted by Gasteiger charge is 1.82. The van der Waals surface area contributed by atoms with Gasteiger partial charge in [0.05, 0.1) is 0 Å². The lowest BCUT2D eigenvalue weighted by Crippen LogP contribution is -2.18. The van der Waals surface area contributed by atoms with Gasteiger partial charge in [-0.1, -0.05) is 6.08 Å². The molecule has 0 amide bonds. The Hall–Kier alpha value is -0.540. The lowest BCUT2D eigenvalue weighted by Gasteiger charge is -1.99. The molecule has 0 aliphatic rings. The Balaban J connectivity index is 2.77. The van der Waals surface area contributed by atoms with Gasteiger partial charge in [0.1, 0.15) is 0 Å². The Bertz CT molecular complexity index is 80.9. The normalized spacial score (nSPS) is 10.9. The maximum Gasteiger partial charge on any atom is -0.00136 e. The topological polar surface area (TPSA) is 64.1 Å². The molecule has 0 aliphatic heterocycles. The van der Waals surface area contributed by atoms with E-state index in [1.807, 2.05) is 6.08 Å². The van der Waals surface area contributed by atoms with Crippen molar-refractivity contribution in [1.29, 1.82) is 0 Å². The quantitative estimate of drug-likeness (QED) is 0.451. The van der Waals surface area contributed by atoms with Crippen LogP contribution in [0, 0.1) is 0 Å². The fourth-order valence-electron chi connectivity index (χ4n) is 0.634. The van der Waals surface area contributed by atoms with E-state index in [-0.39, 0.29) is 0 Å². The monoisotopic (exact) mass is 143 g/mol. The molecule has 0 saturated carbocycles. The van der Waals surface area contributed by atoms with Crippen LogP contribution in [0.4, 0.5) is 0 Å². The van der Waals surface area contributed by atoms with E-state index >= 15 is 0 Å². The van der Waals surface area contributed by atoms with Gasteiger partial charge in [0, 0.05) is 0 Å². The summed E-state index contributed by atoms with van der Waals surface area (Å²) < 4.78 is 0. The van der Waals surface area contributed by atoms with Gasteiger partial charge in [-0.2, -0.15) is 0 Å². The van der Waals surface area contributed by atoms with Crippen molar-refractivity contribution in [2.24, 2.45) is 11.5 Å². The lowest BCUT2D eigenvalue weighted by atomic mass is 10.4. The SMILES string of the molecule is N/C=C/CCNCCCN. The van der Waals surface area contributed by atoms with Gasteiger partial charge in [0.25, 0.3) is 0 Å². The largest absolute Gasteiger partial charge is 0.405 e. The molecule has 0 bridgehead atoms. The van der Waals surface area contributed by atoms with E-state index in [1.165, 1.54) is 0 Å². The summed E-state index contributed by atoms with van der Waals surface area (Å²) >= 11 is 0. The second-order valence-corrected chi connectivity index (χ2v) is 2.11. The maximum atomic E-state index is 5.30. The van der Waals surface area contributed by atoms with Gasteiger partial charge in [-0.15, -0.1) is 0 Å². The Labute approximate surface area is 62.5 Å². The van der Waals surface area contributed by atoms with E-state index in [4.69, 9.17) is 11.5 Å². The molecule has 0 aromatic heterocycles. The van der Waals surface area contributed by atoms with Gasteiger partial charge < -0.3 is 16.8 Å². The van der Waals surface area contributed by atoms with E-state index in [1.54, 1.807) is 6.20 Å². The van der Waals surface area contributed by atoms with Crippen LogP contribution in [0.2, 0.25) is 0 Å². The first-order valence-electron chi connectivity index (χ1n) is 3.69. The van der Waals surface area contributed by atoms with Crippen molar-refractivity contribution in [2.45, 2.75) is 12.8 Å². The maximum absolute atomic E-state index is 5.30. The van der Waals surface area contributed by atoms with E-state index < -0.39 is 0 Å². The van der Waals surface area contributed by atoms with Crippen molar-refractivity contribution in [3.63, 3.8) is 0 Å². The van der Waals surface area contributed by atoms with Crippen LogP contribution in [0.25, 0.3) is 0 Å². The molecule has 10 heavy (non-hydrogen) atoms. The Morgan fingerprint density at radius 3 is 2.70 bits per heavy atom. The van der Waals surface area contributed by atoms with Crippen LogP contribution < -0.4 is 16.8 Å². The van der Waals surface area contributed by atoms with Crippen LogP contribution in [0.5, 0.6) is 0 Å². The molecule has 0 aliphatic carbocycles. The minimum atomic E-state index is 0.764. The standard InChI is InChI=1S/C7H17N3/c8-4-1-2-6-10-7-3-5-9/h1,4,10H,2-3,5-9H2/b4-1+. The molecule has 0 unspecified atom stereocenters. The molecule has 0 radical (unpaired) electrons. The molecule has 5 N–H and O–H groups in total. The molecular weight excluding hydrogens is 126 g/mol. The highest BCUT2D eigenvalue weighted by Crippen LogP contribution is 1.77. The minimum Gasteiger partial charge on any atom is -0.405 e. The van der Waals surface area contributed by atoms with E-state index in [0.29, 0.717) is 0 Å². The Morgan fingerprint density at radius 2 is 2.10 bits per heavy atom. The average Bonchev–Trinajstić information content (AvgIpc) is 1.97. The second kappa shape index (κ2) is 8.46. The first-order chi connectivity index (χ1) is 4.91. The third-order valence-corrected chi connectivity index (χ3v) is 1.18. The Morgan fingerprint density at radius 1 is 1.30 bits per heavy atom. The zero-order valence-corrected chi connectivity index (χ0v) is 6.34. The van der Waals surface area contributed by atoms with Crippen molar-refractivity contribution in [2.75, 3.05) is 19.6 Å². The van der Waals surface area contributed by atoms with Crippen molar-refractivity contribution in [3.05, 3.63) is 12.3 Å². The zero-order valence-electron chi connectivity index (χ0n) is 6.34. The number of nitrogens with two attached hydrogens (primary N) is 2. The molecule has 3 heteroatoms. The summed E-state index contributed by atoms with van der Waals surface area (Å²) in [5, 5.41) is 3.23. The molecule has 3 nitrogen and oxygen atoms in total. The third kappa shape index (κ3) is 7.46.